The summed E-state index contributed by atoms with van der Waals surface area (Å²) in [5.74, 6) is 0.616. The summed E-state index contributed by atoms with van der Waals surface area (Å²) >= 11 is 0. The molecule has 1 amide bonds. The Morgan fingerprint density at radius 2 is 1.90 bits per heavy atom. The van der Waals surface area contributed by atoms with Crippen LogP contribution < -0.4 is 10.1 Å². The van der Waals surface area contributed by atoms with Gasteiger partial charge < -0.3 is 10.1 Å². The lowest BCUT2D eigenvalue weighted by molar-refractivity contribution is -0.123. The third kappa shape index (κ3) is 4.63. The van der Waals surface area contributed by atoms with E-state index in [4.69, 9.17) is 4.74 Å². The van der Waals surface area contributed by atoms with Crippen molar-refractivity contribution in [3.63, 3.8) is 0 Å². The van der Waals surface area contributed by atoms with Crippen molar-refractivity contribution in [1.29, 1.82) is 0 Å². The number of ether oxygens (including phenoxy) is 1. The molecule has 0 aliphatic carbocycles. The van der Waals surface area contributed by atoms with Crippen molar-refractivity contribution in [2.24, 2.45) is 0 Å². The van der Waals surface area contributed by atoms with Gasteiger partial charge in [0, 0.05) is 0 Å². The SMILES string of the molecule is CCc1cccc(OCC(=O)NC(C)c2ccccc2)c1. The average Bonchev–Trinajstić information content (AvgIpc) is 2.54. The first kappa shape index (κ1) is 15.1. The van der Waals surface area contributed by atoms with Gasteiger partial charge >= 0.3 is 0 Å². The van der Waals surface area contributed by atoms with Crippen molar-refractivity contribution < 1.29 is 9.53 Å². The molecule has 0 radical (unpaired) electrons. The number of carbonyl (C=O) groups is 1. The lowest BCUT2D eigenvalue weighted by Crippen LogP contribution is -2.31. The van der Waals surface area contributed by atoms with Crippen molar-refractivity contribution in [3.8, 4) is 5.75 Å². The second-order valence-corrected chi connectivity index (χ2v) is 4.99. The zero-order valence-electron chi connectivity index (χ0n) is 12.5. The highest BCUT2D eigenvalue weighted by atomic mass is 16.5. The van der Waals surface area contributed by atoms with E-state index in [1.165, 1.54) is 5.56 Å². The maximum absolute atomic E-state index is 11.9. The summed E-state index contributed by atoms with van der Waals surface area (Å²) in [6.07, 6.45) is 0.953. The van der Waals surface area contributed by atoms with Gasteiger partial charge in [-0.15, -0.1) is 0 Å². The third-order valence-corrected chi connectivity index (χ3v) is 3.35. The highest BCUT2D eigenvalue weighted by Crippen LogP contribution is 2.14. The summed E-state index contributed by atoms with van der Waals surface area (Å²) in [6, 6.07) is 17.7. The number of hydrogen-bond donors (Lipinski definition) is 1. The number of amides is 1. The number of carbonyl (C=O) groups excluding carboxylic acids is 1. The minimum Gasteiger partial charge on any atom is -0.484 e. The third-order valence-electron chi connectivity index (χ3n) is 3.35. The van der Waals surface area contributed by atoms with E-state index < -0.39 is 0 Å². The molecule has 0 aliphatic rings. The van der Waals surface area contributed by atoms with Gasteiger partial charge in [-0.05, 0) is 36.6 Å². The minimum atomic E-state index is -0.117. The topological polar surface area (TPSA) is 38.3 Å². The Balaban J connectivity index is 1.84. The molecule has 2 rings (SSSR count). The molecule has 0 aromatic heterocycles. The molecule has 0 saturated heterocycles. The molecule has 0 heterocycles. The summed E-state index contributed by atoms with van der Waals surface area (Å²) in [5.41, 5.74) is 2.28. The van der Waals surface area contributed by atoms with Crippen LogP contribution >= 0.6 is 0 Å². The van der Waals surface area contributed by atoms with Gasteiger partial charge in [0.2, 0.25) is 0 Å². The molecule has 1 N–H and O–H groups in total. The molecule has 3 heteroatoms. The molecule has 110 valence electrons. The van der Waals surface area contributed by atoms with E-state index in [-0.39, 0.29) is 18.6 Å². The van der Waals surface area contributed by atoms with Crippen molar-refractivity contribution in [2.75, 3.05) is 6.61 Å². The van der Waals surface area contributed by atoms with Crippen LogP contribution in [0.2, 0.25) is 0 Å². The van der Waals surface area contributed by atoms with Crippen LogP contribution in [0.4, 0.5) is 0 Å². The number of nitrogens with one attached hydrogen (secondary N) is 1. The highest BCUT2D eigenvalue weighted by molar-refractivity contribution is 5.78. The normalized spacial score (nSPS) is 11.7. The van der Waals surface area contributed by atoms with Crippen LogP contribution in [0, 0.1) is 0 Å². The largest absolute Gasteiger partial charge is 0.484 e. The molecule has 2 aromatic rings. The monoisotopic (exact) mass is 283 g/mol. The molecule has 3 nitrogen and oxygen atoms in total. The number of aryl methyl sites for hydroxylation is 1. The Labute approximate surface area is 126 Å². The lowest BCUT2D eigenvalue weighted by Gasteiger charge is -2.14. The van der Waals surface area contributed by atoms with Crippen molar-refractivity contribution in [2.45, 2.75) is 26.3 Å². The fraction of sp³-hybridized carbons (Fsp3) is 0.278. The van der Waals surface area contributed by atoms with Crippen LogP contribution in [0.3, 0.4) is 0 Å². The second-order valence-electron chi connectivity index (χ2n) is 4.99. The Morgan fingerprint density at radius 3 is 2.62 bits per heavy atom. The van der Waals surface area contributed by atoms with Crippen molar-refractivity contribution in [3.05, 3.63) is 65.7 Å². The van der Waals surface area contributed by atoms with Gasteiger partial charge in [0.1, 0.15) is 5.75 Å². The minimum absolute atomic E-state index is 0.0238. The first-order valence-corrected chi connectivity index (χ1v) is 7.25. The van der Waals surface area contributed by atoms with Crippen LogP contribution in [0.15, 0.2) is 54.6 Å². The molecular formula is C18H21NO2. The summed E-state index contributed by atoms with van der Waals surface area (Å²) in [6.45, 7) is 4.09. The fourth-order valence-electron chi connectivity index (χ4n) is 2.11. The molecule has 1 unspecified atom stereocenters. The zero-order valence-corrected chi connectivity index (χ0v) is 12.5. The van der Waals surface area contributed by atoms with Gasteiger partial charge in [0.25, 0.3) is 5.91 Å². The Hall–Kier alpha value is -2.29. The van der Waals surface area contributed by atoms with Crippen LogP contribution in [-0.4, -0.2) is 12.5 Å². The number of hydrogen-bond acceptors (Lipinski definition) is 2. The molecule has 21 heavy (non-hydrogen) atoms. The van der Waals surface area contributed by atoms with Gasteiger partial charge in [0.05, 0.1) is 6.04 Å². The van der Waals surface area contributed by atoms with E-state index in [1.54, 1.807) is 0 Å². The van der Waals surface area contributed by atoms with E-state index in [9.17, 15) is 4.79 Å². The Bertz CT molecular complexity index is 581. The molecule has 0 aliphatic heterocycles. The van der Waals surface area contributed by atoms with Crippen LogP contribution in [0.25, 0.3) is 0 Å². The van der Waals surface area contributed by atoms with Crippen molar-refractivity contribution >= 4 is 5.91 Å². The van der Waals surface area contributed by atoms with E-state index in [0.29, 0.717) is 0 Å². The smallest absolute Gasteiger partial charge is 0.258 e. The van der Waals surface area contributed by atoms with Crippen LogP contribution in [0.5, 0.6) is 5.75 Å². The maximum Gasteiger partial charge on any atom is 0.258 e. The molecular weight excluding hydrogens is 262 g/mol. The van der Waals surface area contributed by atoms with Crippen LogP contribution in [0.1, 0.15) is 31.0 Å². The molecule has 0 fully saturated rings. The molecule has 2 aromatic carbocycles. The van der Waals surface area contributed by atoms with E-state index >= 15 is 0 Å². The molecule has 0 saturated carbocycles. The van der Waals surface area contributed by atoms with Crippen LogP contribution in [-0.2, 0) is 11.2 Å². The van der Waals surface area contributed by atoms with Gasteiger partial charge in [0.15, 0.2) is 6.61 Å². The molecule has 1 atom stereocenters. The standard InChI is InChI=1S/C18H21NO2/c1-3-15-8-7-11-17(12-15)21-13-18(20)19-14(2)16-9-5-4-6-10-16/h4-12,14H,3,13H2,1-2H3,(H,19,20). The van der Waals surface area contributed by atoms with Gasteiger partial charge in [-0.25, -0.2) is 0 Å². The summed E-state index contributed by atoms with van der Waals surface area (Å²) < 4.78 is 5.53. The average molecular weight is 283 g/mol. The molecule has 0 spiro atoms. The van der Waals surface area contributed by atoms with E-state index in [1.807, 2.05) is 61.5 Å². The summed E-state index contributed by atoms with van der Waals surface area (Å²) in [4.78, 5) is 11.9. The van der Waals surface area contributed by atoms with Gasteiger partial charge in [-0.3, -0.25) is 4.79 Å². The summed E-state index contributed by atoms with van der Waals surface area (Å²) in [5, 5.41) is 2.93. The molecule has 0 bridgehead atoms. The van der Waals surface area contributed by atoms with E-state index in [0.717, 1.165) is 17.7 Å². The van der Waals surface area contributed by atoms with Gasteiger partial charge in [-0.2, -0.15) is 0 Å². The van der Waals surface area contributed by atoms with Crippen molar-refractivity contribution in [1.82, 2.24) is 5.32 Å². The lowest BCUT2D eigenvalue weighted by atomic mass is 10.1. The zero-order chi connectivity index (χ0) is 15.1. The predicted octanol–water partition coefficient (Wildman–Crippen LogP) is 3.51. The Kier molecular flexibility index (Phi) is 5.38. The number of rotatable bonds is 6. The fourth-order valence-corrected chi connectivity index (χ4v) is 2.11. The second kappa shape index (κ2) is 7.48. The predicted molar refractivity (Wildman–Crippen MR) is 84.3 cm³/mol. The number of benzene rings is 2. The summed E-state index contributed by atoms with van der Waals surface area (Å²) in [7, 11) is 0. The highest BCUT2D eigenvalue weighted by Gasteiger charge is 2.09. The maximum atomic E-state index is 11.9. The van der Waals surface area contributed by atoms with E-state index in [2.05, 4.69) is 12.2 Å². The Morgan fingerprint density at radius 1 is 1.14 bits per heavy atom. The first-order valence-electron chi connectivity index (χ1n) is 7.25. The quantitative estimate of drug-likeness (QED) is 0.881. The first-order chi connectivity index (χ1) is 10.2. The van der Waals surface area contributed by atoms with Gasteiger partial charge in [-0.1, -0.05) is 49.4 Å².